The molecular weight excluding hydrogens is 450 g/mol. The summed E-state index contributed by atoms with van der Waals surface area (Å²) in [5.74, 6) is -0.456. The summed E-state index contributed by atoms with van der Waals surface area (Å²) >= 11 is 1.61. The molecule has 2 aromatic rings. The van der Waals surface area contributed by atoms with Crippen LogP contribution in [0.25, 0.3) is 0 Å². The monoisotopic (exact) mass is 483 g/mol. The van der Waals surface area contributed by atoms with E-state index in [0.717, 1.165) is 16.9 Å². The molecule has 4 N–H and O–H groups in total. The second kappa shape index (κ2) is 12.6. The van der Waals surface area contributed by atoms with Gasteiger partial charge in [-0.25, -0.2) is 0 Å². The number of carbonyl (C=O) groups is 3. The SMILES string of the molecule is CC(C)C[C@H](O)C(=O)N[C@@H](Cc1ccccc1)C(=O)N[C@@H]1C(=O)NCCS[C@@H]1c1ccccc1. The van der Waals surface area contributed by atoms with E-state index in [1.165, 1.54) is 0 Å². The first-order valence-corrected chi connectivity index (χ1v) is 12.7. The van der Waals surface area contributed by atoms with Gasteiger partial charge in [0.25, 0.3) is 0 Å². The summed E-state index contributed by atoms with van der Waals surface area (Å²) in [4.78, 5) is 39.0. The molecule has 2 aromatic carbocycles. The van der Waals surface area contributed by atoms with Crippen molar-refractivity contribution < 1.29 is 19.5 Å². The molecule has 0 saturated carbocycles. The molecule has 8 heteroatoms. The van der Waals surface area contributed by atoms with E-state index < -0.39 is 30.0 Å². The average Bonchev–Trinajstić information content (AvgIpc) is 3.00. The van der Waals surface area contributed by atoms with Gasteiger partial charge < -0.3 is 21.1 Å². The van der Waals surface area contributed by atoms with E-state index in [-0.39, 0.29) is 23.5 Å². The quantitative estimate of drug-likeness (QED) is 0.438. The van der Waals surface area contributed by atoms with Crippen molar-refractivity contribution in [2.45, 2.75) is 50.1 Å². The molecule has 1 saturated heterocycles. The number of hydrogen-bond acceptors (Lipinski definition) is 5. The zero-order chi connectivity index (χ0) is 24.5. The van der Waals surface area contributed by atoms with E-state index in [1.807, 2.05) is 74.5 Å². The molecule has 1 heterocycles. The van der Waals surface area contributed by atoms with Crippen molar-refractivity contribution >= 4 is 29.5 Å². The Hall–Kier alpha value is -2.84. The number of nitrogens with one attached hydrogen (secondary N) is 3. The number of benzene rings is 2. The van der Waals surface area contributed by atoms with Crippen molar-refractivity contribution in [3.63, 3.8) is 0 Å². The lowest BCUT2D eigenvalue weighted by atomic mass is 10.0. The molecule has 4 atom stereocenters. The van der Waals surface area contributed by atoms with Crippen LogP contribution in [0.1, 0.15) is 36.6 Å². The Bertz CT molecular complexity index is 955. The van der Waals surface area contributed by atoms with Crippen LogP contribution in [0.15, 0.2) is 60.7 Å². The fourth-order valence-electron chi connectivity index (χ4n) is 3.91. The molecule has 1 aliphatic heterocycles. The fourth-order valence-corrected chi connectivity index (χ4v) is 5.12. The highest BCUT2D eigenvalue weighted by atomic mass is 32.2. The minimum absolute atomic E-state index is 0.125. The Morgan fingerprint density at radius 2 is 1.71 bits per heavy atom. The van der Waals surface area contributed by atoms with Crippen LogP contribution in [0.5, 0.6) is 0 Å². The van der Waals surface area contributed by atoms with Crippen LogP contribution in [-0.4, -0.2) is 53.3 Å². The zero-order valence-corrected chi connectivity index (χ0v) is 20.4. The second-order valence-corrected chi connectivity index (χ2v) is 10.1. The van der Waals surface area contributed by atoms with Crippen molar-refractivity contribution in [1.29, 1.82) is 0 Å². The molecule has 7 nitrogen and oxygen atoms in total. The molecule has 0 aliphatic carbocycles. The second-order valence-electron chi connectivity index (χ2n) is 8.88. The Morgan fingerprint density at radius 3 is 2.35 bits per heavy atom. The van der Waals surface area contributed by atoms with Crippen molar-refractivity contribution in [1.82, 2.24) is 16.0 Å². The zero-order valence-electron chi connectivity index (χ0n) is 19.6. The third-order valence-electron chi connectivity index (χ3n) is 5.62. The van der Waals surface area contributed by atoms with Gasteiger partial charge in [0.05, 0.1) is 5.25 Å². The predicted molar refractivity (Wildman–Crippen MR) is 134 cm³/mol. The standard InChI is InChI=1S/C26H33N3O4S/c1-17(2)15-21(30)25(32)28-20(16-18-9-5-3-6-10-18)24(31)29-22-23(19-11-7-4-8-12-19)34-14-13-27-26(22)33/h3-12,17,20-23,30H,13-16H2,1-2H3,(H,27,33)(H,28,32)(H,29,31)/t20-,21-,22-,23+/m0/s1. The van der Waals surface area contributed by atoms with Crippen molar-refractivity contribution in [2.75, 3.05) is 12.3 Å². The van der Waals surface area contributed by atoms with Crippen LogP contribution in [0, 0.1) is 5.92 Å². The Morgan fingerprint density at radius 1 is 1.06 bits per heavy atom. The Kier molecular flexibility index (Phi) is 9.53. The third kappa shape index (κ3) is 7.33. The van der Waals surface area contributed by atoms with E-state index >= 15 is 0 Å². The van der Waals surface area contributed by atoms with Gasteiger partial charge in [0.2, 0.25) is 17.7 Å². The summed E-state index contributed by atoms with van der Waals surface area (Å²) in [5, 5.41) is 18.5. The number of rotatable bonds is 9. The van der Waals surface area contributed by atoms with Crippen LogP contribution in [0.2, 0.25) is 0 Å². The Balaban J connectivity index is 1.81. The lowest BCUT2D eigenvalue weighted by Gasteiger charge is -2.27. The first-order chi connectivity index (χ1) is 16.3. The highest BCUT2D eigenvalue weighted by Gasteiger charge is 2.35. The normalized spacial score (nSPS) is 20.1. The van der Waals surface area contributed by atoms with E-state index in [9.17, 15) is 19.5 Å². The van der Waals surface area contributed by atoms with Gasteiger partial charge in [0.1, 0.15) is 18.2 Å². The molecule has 34 heavy (non-hydrogen) atoms. The van der Waals surface area contributed by atoms with Gasteiger partial charge in [0, 0.05) is 18.7 Å². The number of thioether (sulfide) groups is 1. The maximum Gasteiger partial charge on any atom is 0.249 e. The molecule has 3 rings (SSSR count). The number of amides is 3. The molecule has 1 fully saturated rings. The van der Waals surface area contributed by atoms with Crippen molar-refractivity contribution in [3.8, 4) is 0 Å². The van der Waals surface area contributed by atoms with Crippen LogP contribution in [0.3, 0.4) is 0 Å². The Labute approximate surface area is 205 Å². The predicted octanol–water partition coefficient (Wildman–Crippen LogP) is 2.21. The van der Waals surface area contributed by atoms with Crippen LogP contribution in [-0.2, 0) is 20.8 Å². The lowest BCUT2D eigenvalue weighted by Crippen LogP contribution is -2.56. The summed E-state index contributed by atoms with van der Waals surface area (Å²) < 4.78 is 0. The van der Waals surface area contributed by atoms with Gasteiger partial charge in [-0.3, -0.25) is 14.4 Å². The van der Waals surface area contributed by atoms with E-state index in [0.29, 0.717) is 13.0 Å². The highest BCUT2D eigenvalue weighted by Crippen LogP contribution is 2.33. The minimum atomic E-state index is -1.21. The van der Waals surface area contributed by atoms with Gasteiger partial charge in [0.15, 0.2) is 0 Å². The summed E-state index contributed by atoms with van der Waals surface area (Å²) in [6.45, 7) is 4.35. The summed E-state index contributed by atoms with van der Waals surface area (Å²) in [6.07, 6.45) is -0.673. The third-order valence-corrected chi connectivity index (χ3v) is 6.97. The molecule has 182 valence electrons. The molecule has 0 radical (unpaired) electrons. The smallest absolute Gasteiger partial charge is 0.249 e. The maximum atomic E-state index is 13.4. The fraction of sp³-hybridized carbons (Fsp3) is 0.423. The largest absolute Gasteiger partial charge is 0.383 e. The minimum Gasteiger partial charge on any atom is -0.383 e. The number of aliphatic hydroxyl groups excluding tert-OH is 1. The number of aliphatic hydroxyl groups is 1. The first-order valence-electron chi connectivity index (χ1n) is 11.6. The molecule has 0 aromatic heterocycles. The van der Waals surface area contributed by atoms with Gasteiger partial charge in [-0.2, -0.15) is 0 Å². The van der Waals surface area contributed by atoms with Crippen LogP contribution < -0.4 is 16.0 Å². The summed E-state index contributed by atoms with van der Waals surface area (Å²) in [6, 6.07) is 17.2. The average molecular weight is 484 g/mol. The maximum absolute atomic E-state index is 13.4. The number of carbonyl (C=O) groups excluding carboxylic acids is 3. The van der Waals surface area contributed by atoms with E-state index in [4.69, 9.17) is 0 Å². The highest BCUT2D eigenvalue weighted by molar-refractivity contribution is 7.99. The summed E-state index contributed by atoms with van der Waals surface area (Å²) in [7, 11) is 0. The molecule has 0 spiro atoms. The van der Waals surface area contributed by atoms with Crippen LogP contribution in [0.4, 0.5) is 0 Å². The van der Waals surface area contributed by atoms with Crippen molar-refractivity contribution in [3.05, 3.63) is 71.8 Å². The molecular formula is C26H33N3O4S. The molecule has 0 bridgehead atoms. The lowest BCUT2D eigenvalue weighted by molar-refractivity contribution is -0.135. The topological polar surface area (TPSA) is 108 Å². The molecule has 0 unspecified atom stereocenters. The molecule has 3 amide bonds. The van der Waals surface area contributed by atoms with Gasteiger partial charge in [-0.15, -0.1) is 11.8 Å². The van der Waals surface area contributed by atoms with Crippen molar-refractivity contribution in [2.24, 2.45) is 5.92 Å². The van der Waals surface area contributed by atoms with Gasteiger partial charge >= 0.3 is 0 Å². The van der Waals surface area contributed by atoms with E-state index in [1.54, 1.807) is 11.8 Å². The number of hydrogen-bond donors (Lipinski definition) is 4. The van der Waals surface area contributed by atoms with Gasteiger partial charge in [-0.1, -0.05) is 74.5 Å². The first kappa shape index (κ1) is 25.8. The van der Waals surface area contributed by atoms with Gasteiger partial charge in [-0.05, 0) is 23.5 Å². The van der Waals surface area contributed by atoms with Crippen LogP contribution >= 0.6 is 11.8 Å². The van der Waals surface area contributed by atoms with E-state index in [2.05, 4.69) is 16.0 Å². The molecule has 1 aliphatic rings. The summed E-state index contributed by atoms with van der Waals surface area (Å²) in [5.41, 5.74) is 1.81.